The second-order valence-electron chi connectivity index (χ2n) is 3.82. The number of halogens is 2. The third-order valence-electron chi connectivity index (χ3n) is 2.30. The summed E-state index contributed by atoms with van der Waals surface area (Å²) in [7, 11) is 0. The molecule has 0 spiro atoms. The maximum absolute atomic E-state index is 10.7. The third-order valence-corrected chi connectivity index (χ3v) is 5.56. The average Bonchev–Trinajstić information content (AvgIpc) is 2.71. The number of aromatic nitrogens is 2. The van der Waals surface area contributed by atoms with Crippen LogP contribution in [0.3, 0.4) is 0 Å². The van der Waals surface area contributed by atoms with Gasteiger partial charge in [-0.1, -0.05) is 11.8 Å². The number of benzene rings is 1. The number of carboxylic acids is 1. The first kappa shape index (κ1) is 14.9. The number of aliphatic carboxylic acids is 1. The Balaban J connectivity index is 2.37. The zero-order chi connectivity index (χ0) is 14.0. The summed E-state index contributed by atoms with van der Waals surface area (Å²) < 4.78 is 4.04. The lowest BCUT2D eigenvalue weighted by Crippen LogP contribution is -2.01. The number of aryl methyl sites for hydroxylation is 1. The molecule has 0 radical (unpaired) electrons. The lowest BCUT2D eigenvalue weighted by molar-refractivity contribution is -0.133. The SMILES string of the molecule is Cc1cn(-c2ccc(Br)c(I)c2)c(SCC(=O)O)n1. The van der Waals surface area contributed by atoms with Crippen molar-refractivity contribution in [1.29, 1.82) is 0 Å². The minimum Gasteiger partial charge on any atom is -0.481 e. The van der Waals surface area contributed by atoms with Gasteiger partial charge >= 0.3 is 5.97 Å². The topological polar surface area (TPSA) is 55.1 Å². The summed E-state index contributed by atoms with van der Waals surface area (Å²) in [6.07, 6.45) is 1.91. The first-order chi connectivity index (χ1) is 8.97. The molecule has 100 valence electrons. The number of imidazole rings is 1. The Morgan fingerprint density at radius 3 is 2.95 bits per heavy atom. The van der Waals surface area contributed by atoms with Crippen LogP contribution in [0.5, 0.6) is 0 Å². The van der Waals surface area contributed by atoms with Gasteiger partial charge in [0.2, 0.25) is 0 Å². The Morgan fingerprint density at radius 2 is 2.32 bits per heavy atom. The Hall–Kier alpha value is -0.540. The molecule has 0 aliphatic rings. The van der Waals surface area contributed by atoms with E-state index in [1.54, 1.807) is 0 Å². The molecule has 0 fully saturated rings. The molecule has 0 amide bonds. The Kier molecular flexibility index (Phi) is 4.91. The van der Waals surface area contributed by atoms with E-state index in [2.05, 4.69) is 43.5 Å². The molecule has 1 heterocycles. The van der Waals surface area contributed by atoms with Crippen molar-refractivity contribution >= 4 is 56.3 Å². The second kappa shape index (κ2) is 6.27. The highest BCUT2D eigenvalue weighted by atomic mass is 127. The Labute approximate surface area is 136 Å². The molecule has 19 heavy (non-hydrogen) atoms. The zero-order valence-electron chi connectivity index (χ0n) is 9.93. The molecule has 1 N–H and O–H groups in total. The maximum atomic E-state index is 10.7. The molecule has 7 heteroatoms. The minimum absolute atomic E-state index is 0.00404. The van der Waals surface area contributed by atoms with E-state index >= 15 is 0 Å². The van der Waals surface area contributed by atoms with Crippen LogP contribution >= 0.6 is 50.3 Å². The highest BCUT2D eigenvalue weighted by Gasteiger charge is 2.11. The fourth-order valence-electron chi connectivity index (χ4n) is 1.52. The van der Waals surface area contributed by atoms with Crippen molar-refractivity contribution in [2.24, 2.45) is 0 Å². The molecular weight excluding hydrogens is 443 g/mol. The van der Waals surface area contributed by atoms with Crippen LogP contribution < -0.4 is 0 Å². The molecule has 0 atom stereocenters. The van der Waals surface area contributed by atoms with E-state index in [0.29, 0.717) is 5.16 Å². The van der Waals surface area contributed by atoms with Crippen molar-refractivity contribution in [3.8, 4) is 5.69 Å². The molecule has 1 aromatic carbocycles. The average molecular weight is 453 g/mol. The van der Waals surface area contributed by atoms with Gasteiger partial charge in [-0.05, 0) is 63.6 Å². The summed E-state index contributed by atoms with van der Waals surface area (Å²) >= 11 is 6.92. The van der Waals surface area contributed by atoms with Gasteiger partial charge in [-0.3, -0.25) is 9.36 Å². The van der Waals surface area contributed by atoms with Gasteiger partial charge in [-0.2, -0.15) is 0 Å². The summed E-state index contributed by atoms with van der Waals surface area (Å²) in [5.74, 6) is -0.841. The summed E-state index contributed by atoms with van der Waals surface area (Å²) in [5, 5.41) is 9.45. The Morgan fingerprint density at radius 1 is 1.58 bits per heavy atom. The number of carboxylic acid groups (broad SMARTS) is 1. The molecule has 0 aliphatic heterocycles. The van der Waals surface area contributed by atoms with Crippen molar-refractivity contribution < 1.29 is 9.90 Å². The molecule has 0 aliphatic carbocycles. The van der Waals surface area contributed by atoms with E-state index < -0.39 is 5.97 Å². The van der Waals surface area contributed by atoms with E-state index in [9.17, 15) is 4.79 Å². The smallest absolute Gasteiger partial charge is 0.313 e. The van der Waals surface area contributed by atoms with E-state index in [4.69, 9.17) is 5.11 Å². The van der Waals surface area contributed by atoms with Gasteiger partial charge in [0.05, 0.1) is 11.4 Å². The molecular formula is C12H10BrIN2O2S. The van der Waals surface area contributed by atoms with Gasteiger partial charge in [-0.15, -0.1) is 0 Å². The fraction of sp³-hybridized carbons (Fsp3) is 0.167. The van der Waals surface area contributed by atoms with E-state index in [1.807, 2.05) is 35.9 Å². The van der Waals surface area contributed by atoms with Crippen LogP contribution in [0, 0.1) is 10.5 Å². The van der Waals surface area contributed by atoms with Crippen molar-refractivity contribution in [2.45, 2.75) is 12.1 Å². The number of carbonyl (C=O) groups is 1. The number of rotatable bonds is 4. The monoisotopic (exact) mass is 452 g/mol. The van der Waals surface area contributed by atoms with E-state index in [1.165, 1.54) is 11.8 Å². The molecule has 2 aromatic rings. The quantitative estimate of drug-likeness (QED) is 0.567. The zero-order valence-corrected chi connectivity index (χ0v) is 14.5. The number of nitrogens with zero attached hydrogens (tertiary/aromatic N) is 2. The molecule has 2 rings (SSSR count). The van der Waals surface area contributed by atoms with Crippen molar-refractivity contribution in [1.82, 2.24) is 9.55 Å². The molecule has 4 nitrogen and oxygen atoms in total. The molecule has 0 unspecified atom stereocenters. The summed E-state index contributed by atoms with van der Waals surface area (Å²) in [5.41, 5.74) is 1.84. The number of thioether (sulfide) groups is 1. The summed E-state index contributed by atoms with van der Waals surface area (Å²) in [6.45, 7) is 1.89. The van der Waals surface area contributed by atoms with Crippen LogP contribution in [-0.2, 0) is 4.79 Å². The largest absolute Gasteiger partial charge is 0.481 e. The van der Waals surface area contributed by atoms with Crippen LogP contribution in [-0.4, -0.2) is 26.4 Å². The molecule has 1 aromatic heterocycles. The number of hydrogen-bond donors (Lipinski definition) is 1. The third kappa shape index (κ3) is 3.73. The second-order valence-corrected chi connectivity index (χ2v) is 6.77. The first-order valence-corrected chi connectivity index (χ1v) is 8.19. The maximum Gasteiger partial charge on any atom is 0.313 e. The first-order valence-electron chi connectivity index (χ1n) is 5.33. The molecule has 0 saturated carbocycles. The summed E-state index contributed by atoms with van der Waals surface area (Å²) in [6, 6.07) is 5.97. The van der Waals surface area contributed by atoms with Gasteiger partial charge in [0, 0.05) is 19.9 Å². The Bertz CT molecular complexity index is 630. The lowest BCUT2D eigenvalue weighted by Gasteiger charge is -2.07. The highest BCUT2D eigenvalue weighted by Crippen LogP contribution is 2.26. The van der Waals surface area contributed by atoms with Crippen LogP contribution in [0.15, 0.2) is 34.0 Å². The predicted molar refractivity (Wildman–Crippen MR) is 87.1 cm³/mol. The lowest BCUT2D eigenvalue weighted by atomic mass is 10.3. The molecule has 0 saturated heterocycles. The van der Waals surface area contributed by atoms with Gasteiger partial charge < -0.3 is 5.11 Å². The standard InChI is InChI=1S/C12H10BrIN2O2S/c1-7-5-16(12(15-7)19-6-11(17)18)8-2-3-9(13)10(14)4-8/h2-5H,6H2,1H3,(H,17,18). The highest BCUT2D eigenvalue weighted by molar-refractivity contribution is 14.1. The van der Waals surface area contributed by atoms with E-state index in [0.717, 1.165) is 19.4 Å². The summed E-state index contributed by atoms with van der Waals surface area (Å²) in [4.78, 5) is 15.0. The van der Waals surface area contributed by atoms with Gasteiger partial charge in [0.1, 0.15) is 0 Å². The van der Waals surface area contributed by atoms with Crippen LogP contribution in [0.2, 0.25) is 0 Å². The van der Waals surface area contributed by atoms with Crippen molar-refractivity contribution in [3.63, 3.8) is 0 Å². The fourth-order valence-corrected chi connectivity index (χ4v) is 3.03. The predicted octanol–water partition coefficient (Wildman–Crippen LogP) is 3.72. The van der Waals surface area contributed by atoms with Crippen molar-refractivity contribution in [3.05, 3.63) is 38.1 Å². The number of hydrogen-bond acceptors (Lipinski definition) is 3. The van der Waals surface area contributed by atoms with Gasteiger partial charge in [0.25, 0.3) is 0 Å². The van der Waals surface area contributed by atoms with Crippen LogP contribution in [0.4, 0.5) is 0 Å². The van der Waals surface area contributed by atoms with Gasteiger partial charge in [0.15, 0.2) is 5.16 Å². The minimum atomic E-state index is -0.845. The van der Waals surface area contributed by atoms with E-state index in [-0.39, 0.29) is 5.75 Å². The normalized spacial score (nSPS) is 10.7. The van der Waals surface area contributed by atoms with Crippen molar-refractivity contribution in [2.75, 3.05) is 5.75 Å². The van der Waals surface area contributed by atoms with Crippen LogP contribution in [0.25, 0.3) is 5.69 Å². The van der Waals surface area contributed by atoms with Gasteiger partial charge in [-0.25, -0.2) is 4.98 Å². The van der Waals surface area contributed by atoms with Crippen LogP contribution in [0.1, 0.15) is 5.69 Å². The molecule has 0 bridgehead atoms.